The molecular formula is C16H23N3O2. The highest BCUT2D eigenvalue weighted by atomic mass is 16.4. The van der Waals surface area contributed by atoms with Gasteiger partial charge >= 0.3 is 5.76 Å². The van der Waals surface area contributed by atoms with Crippen LogP contribution in [0.1, 0.15) is 45.4 Å². The number of nitrogens with one attached hydrogen (secondary N) is 2. The van der Waals surface area contributed by atoms with Gasteiger partial charge in [-0.1, -0.05) is 19.8 Å². The van der Waals surface area contributed by atoms with Gasteiger partial charge in [0.05, 0.1) is 16.9 Å². The van der Waals surface area contributed by atoms with E-state index in [9.17, 15) is 4.79 Å². The summed E-state index contributed by atoms with van der Waals surface area (Å²) in [7, 11) is 0. The maximum Gasteiger partial charge on any atom is 0.417 e. The first kappa shape index (κ1) is 14.0. The molecular weight excluding hydrogens is 266 g/mol. The molecule has 0 atom stereocenters. The fraction of sp³-hybridized carbons (Fsp3) is 0.562. The zero-order valence-electron chi connectivity index (χ0n) is 12.4. The number of rotatable bonds is 4. The summed E-state index contributed by atoms with van der Waals surface area (Å²) in [5.41, 5.74) is 8.76. The minimum atomic E-state index is -0.443. The molecule has 1 aliphatic carbocycles. The van der Waals surface area contributed by atoms with Crippen molar-refractivity contribution >= 4 is 22.5 Å². The minimum Gasteiger partial charge on any atom is -0.408 e. The van der Waals surface area contributed by atoms with E-state index in [0.717, 1.165) is 11.6 Å². The van der Waals surface area contributed by atoms with E-state index in [1.54, 1.807) is 6.07 Å². The van der Waals surface area contributed by atoms with Crippen molar-refractivity contribution in [3.05, 3.63) is 22.7 Å². The molecule has 1 saturated carbocycles. The number of fused-ring (bicyclic) bond motifs is 1. The minimum absolute atomic E-state index is 0.443. The number of oxazole rings is 1. The predicted octanol–water partition coefficient (Wildman–Crippen LogP) is 3.47. The first-order valence-corrected chi connectivity index (χ1v) is 7.84. The van der Waals surface area contributed by atoms with Gasteiger partial charge in [0, 0.05) is 12.1 Å². The Kier molecular flexibility index (Phi) is 3.90. The summed E-state index contributed by atoms with van der Waals surface area (Å²) in [5.74, 6) is 0.444. The van der Waals surface area contributed by atoms with E-state index < -0.39 is 5.76 Å². The van der Waals surface area contributed by atoms with Gasteiger partial charge in [0.2, 0.25) is 0 Å². The number of nitrogen functional groups attached to an aromatic ring is 1. The maximum absolute atomic E-state index is 11.2. The van der Waals surface area contributed by atoms with Gasteiger partial charge in [-0.2, -0.15) is 0 Å². The van der Waals surface area contributed by atoms with Crippen LogP contribution in [-0.2, 0) is 0 Å². The van der Waals surface area contributed by atoms with Gasteiger partial charge in [-0.25, -0.2) is 4.79 Å². The van der Waals surface area contributed by atoms with Crippen LogP contribution in [0.25, 0.3) is 11.1 Å². The molecule has 3 rings (SSSR count). The van der Waals surface area contributed by atoms with E-state index in [0.29, 0.717) is 22.8 Å². The Balaban J connectivity index is 1.70. The van der Waals surface area contributed by atoms with Crippen LogP contribution in [0.2, 0.25) is 0 Å². The maximum atomic E-state index is 11.2. The smallest absolute Gasteiger partial charge is 0.408 e. The molecule has 0 bridgehead atoms. The number of aromatic nitrogens is 1. The molecule has 2 aromatic rings. The SMILES string of the molecule is CCCC1CCC(Nc2cc3[nH]c(=O)oc3cc2N)CC1. The average Bonchev–Trinajstić information content (AvgIpc) is 2.81. The predicted molar refractivity (Wildman–Crippen MR) is 85.5 cm³/mol. The van der Waals surface area contributed by atoms with E-state index in [1.165, 1.54) is 38.5 Å². The van der Waals surface area contributed by atoms with Crippen molar-refractivity contribution < 1.29 is 4.42 Å². The van der Waals surface area contributed by atoms with Crippen LogP contribution in [-0.4, -0.2) is 11.0 Å². The summed E-state index contributed by atoms with van der Waals surface area (Å²) in [6.07, 6.45) is 7.57. The number of aromatic amines is 1. The van der Waals surface area contributed by atoms with Crippen molar-refractivity contribution in [1.29, 1.82) is 0 Å². The number of anilines is 2. The third kappa shape index (κ3) is 3.06. The Morgan fingerprint density at radius 3 is 2.81 bits per heavy atom. The molecule has 0 unspecified atom stereocenters. The van der Waals surface area contributed by atoms with Crippen LogP contribution < -0.4 is 16.8 Å². The molecule has 5 heteroatoms. The Morgan fingerprint density at radius 1 is 1.33 bits per heavy atom. The highest BCUT2D eigenvalue weighted by Gasteiger charge is 2.21. The zero-order valence-corrected chi connectivity index (χ0v) is 12.4. The normalized spacial score (nSPS) is 22.5. The zero-order chi connectivity index (χ0) is 14.8. The summed E-state index contributed by atoms with van der Waals surface area (Å²) in [6, 6.07) is 4.04. The van der Waals surface area contributed by atoms with Crippen LogP contribution in [0.4, 0.5) is 11.4 Å². The fourth-order valence-corrected chi connectivity index (χ4v) is 3.36. The third-order valence-corrected chi connectivity index (χ3v) is 4.49. The molecule has 4 N–H and O–H groups in total. The molecule has 114 valence electrons. The number of H-pyrrole nitrogens is 1. The Hall–Kier alpha value is -1.91. The van der Waals surface area contributed by atoms with Crippen molar-refractivity contribution in [3.8, 4) is 0 Å². The molecule has 1 aliphatic rings. The summed E-state index contributed by atoms with van der Waals surface area (Å²) in [6.45, 7) is 2.26. The third-order valence-electron chi connectivity index (χ3n) is 4.49. The molecule has 0 spiro atoms. The van der Waals surface area contributed by atoms with E-state index in [1.807, 2.05) is 6.07 Å². The van der Waals surface area contributed by atoms with E-state index in [2.05, 4.69) is 17.2 Å². The lowest BCUT2D eigenvalue weighted by Crippen LogP contribution is -2.26. The number of benzene rings is 1. The van der Waals surface area contributed by atoms with Gasteiger partial charge < -0.3 is 15.5 Å². The summed E-state index contributed by atoms with van der Waals surface area (Å²) >= 11 is 0. The second-order valence-corrected chi connectivity index (χ2v) is 6.10. The Labute approximate surface area is 123 Å². The van der Waals surface area contributed by atoms with E-state index in [-0.39, 0.29) is 0 Å². The summed E-state index contributed by atoms with van der Waals surface area (Å²) < 4.78 is 5.02. The van der Waals surface area contributed by atoms with Crippen LogP contribution in [0, 0.1) is 5.92 Å². The lowest BCUT2D eigenvalue weighted by Gasteiger charge is -2.30. The first-order valence-electron chi connectivity index (χ1n) is 7.84. The number of hydrogen-bond acceptors (Lipinski definition) is 4. The Bertz CT molecular complexity index is 666. The van der Waals surface area contributed by atoms with Crippen molar-refractivity contribution in [2.75, 3.05) is 11.1 Å². The summed E-state index contributed by atoms with van der Waals surface area (Å²) in [5, 5.41) is 3.52. The second-order valence-electron chi connectivity index (χ2n) is 6.10. The van der Waals surface area contributed by atoms with E-state index >= 15 is 0 Å². The molecule has 21 heavy (non-hydrogen) atoms. The average molecular weight is 289 g/mol. The molecule has 1 aromatic heterocycles. The van der Waals surface area contributed by atoms with Gasteiger partial charge in [0.25, 0.3) is 0 Å². The molecule has 0 aliphatic heterocycles. The monoisotopic (exact) mass is 289 g/mol. The van der Waals surface area contributed by atoms with Gasteiger partial charge in [0.15, 0.2) is 5.58 Å². The molecule has 0 saturated heterocycles. The van der Waals surface area contributed by atoms with Crippen LogP contribution >= 0.6 is 0 Å². The molecule has 0 radical (unpaired) electrons. The second kappa shape index (κ2) is 5.84. The molecule has 1 aromatic carbocycles. The van der Waals surface area contributed by atoms with Crippen LogP contribution in [0.5, 0.6) is 0 Å². The van der Waals surface area contributed by atoms with Crippen molar-refractivity contribution in [1.82, 2.24) is 4.98 Å². The standard InChI is InChI=1S/C16H23N3O2/c1-2-3-10-4-6-11(7-5-10)18-13-9-14-15(8-12(13)17)21-16(20)19-14/h8-11,18H,2-7,17H2,1H3,(H,19,20). The quantitative estimate of drug-likeness (QED) is 0.752. The number of hydrogen-bond donors (Lipinski definition) is 3. The lowest BCUT2D eigenvalue weighted by atomic mass is 9.83. The first-order chi connectivity index (χ1) is 10.2. The highest BCUT2D eigenvalue weighted by Crippen LogP contribution is 2.31. The van der Waals surface area contributed by atoms with Gasteiger partial charge in [-0.05, 0) is 37.7 Å². The van der Waals surface area contributed by atoms with Crippen molar-refractivity contribution in [3.63, 3.8) is 0 Å². The van der Waals surface area contributed by atoms with Gasteiger partial charge in [-0.3, -0.25) is 4.98 Å². The topological polar surface area (TPSA) is 84.0 Å². The molecule has 0 amide bonds. The van der Waals surface area contributed by atoms with Gasteiger partial charge in [0.1, 0.15) is 0 Å². The molecule has 5 nitrogen and oxygen atoms in total. The largest absolute Gasteiger partial charge is 0.417 e. The highest BCUT2D eigenvalue weighted by molar-refractivity contribution is 5.85. The molecule has 1 heterocycles. The van der Waals surface area contributed by atoms with Crippen molar-refractivity contribution in [2.24, 2.45) is 5.92 Å². The Morgan fingerprint density at radius 2 is 2.10 bits per heavy atom. The number of nitrogens with two attached hydrogens (primary N) is 1. The van der Waals surface area contributed by atoms with E-state index in [4.69, 9.17) is 10.2 Å². The lowest BCUT2D eigenvalue weighted by molar-refractivity contribution is 0.319. The fourth-order valence-electron chi connectivity index (χ4n) is 3.36. The molecule has 1 fully saturated rings. The van der Waals surface area contributed by atoms with Crippen LogP contribution in [0.3, 0.4) is 0 Å². The summed E-state index contributed by atoms with van der Waals surface area (Å²) in [4.78, 5) is 13.9. The van der Waals surface area contributed by atoms with Crippen LogP contribution in [0.15, 0.2) is 21.3 Å². The van der Waals surface area contributed by atoms with Gasteiger partial charge in [-0.15, -0.1) is 0 Å². The van der Waals surface area contributed by atoms with Crippen molar-refractivity contribution in [2.45, 2.75) is 51.5 Å².